The summed E-state index contributed by atoms with van der Waals surface area (Å²) in [5.74, 6) is -0.601. The summed E-state index contributed by atoms with van der Waals surface area (Å²) in [6.07, 6.45) is 0. The van der Waals surface area contributed by atoms with Gasteiger partial charge in [0, 0.05) is 16.1 Å². The summed E-state index contributed by atoms with van der Waals surface area (Å²) in [7, 11) is 0. The molecule has 0 bridgehead atoms. The van der Waals surface area contributed by atoms with E-state index in [4.69, 9.17) is 4.74 Å². The van der Waals surface area contributed by atoms with Crippen molar-refractivity contribution in [2.24, 2.45) is 0 Å². The van der Waals surface area contributed by atoms with E-state index >= 15 is 0 Å². The summed E-state index contributed by atoms with van der Waals surface area (Å²) in [6.45, 7) is 8.48. The van der Waals surface area contributed by atoms with E-state index in [0.717, 1.165) is 21.8 Å². The van der Waals surface area contributed by atoms with Gasteiger partial charge >= 0.3 is 0 Å². The van der Waals surface area contributed by atoms with Gasteiger partial charge < -0.3 is 9.84 Å². The molecule has 1 saturated heterocycles. The van der Waals surface area contributed by atoms with E-state index in [0.29, 0.717) is 17.9 Å². The second kappa shape index (κ2) is 9.24. The Hall–Kier alpha value is -3.38. The number of hydrogen-bond donors (Lipinski definition) is 1. The van der Waals surface area contributed by atoms with E-state index in [1.54, 1.807) is 6.07 Å². The van der Waals surface area contributed by atoms with Gasteiger partial charge in [-0.25, -0.2) is 0 Å². The van der Waals surface area contributed by atoms with Crippen LogP contribution in [0.4, 0.5) is 5.69 Å². The Morgan fingerprint density at radius 1 is 1.12 bits per heavy atom. The highest BCUT2D eigenvalue weighted by atomic mass is 32.1. The molecule has 4 rings (SSSR count). The van der Waals surface area contributed by atoms with Crippen molar-refractivity contribution < 1.29 is 19.4 Å². The fourth-order valence-electron chi connectivity index (χ4n) is 4.18. The monoisotopic (exact) mass is 461 g/mol. The van der Waals surface area contributed by atoms with Gasteiger partial charge in [0.25, 0.3) is 11.7 Å². The molecule has 5 nitrogen and oxygen atoms in total. The van der Waals surface area contributed by atoms with Gasteiger partial charge in [-0.1, -0.05) is 32.0 Å². The molecule has 2 heterocycles. The van der Waals surface area contributed by atoms with Crippen LogP contribution >= 0.6 is 11.3 Å². The number of hydrogen-bond acceptors (Lipinski definition) is 5. The summed E-state index contributed by atoms with van der Waals surface area (Å²) >= 11 is 1.45. The third-order valence-corrected chi connectivity index (χ3v) is 6.67. The number of thiophene rings is 1. The molecule has 1 unspecified atom stereocenters. The fourth-order valence-corrected chi connectivity index (χ4v) is 5.01. The minimum Gasteiger partial charge on any atom is -0.507 e. The molecule has 6 heteroatoms. The number of aliphatic hydroxyl groups excluding tert-OH is 1. The van der Waals surface area contributed by atoms with Crippen LogP contribution in [0.2, 0.25) is 0 Å². The number of aryl methyl sites for hydroxylation is 1. The quantitative estimate of drug-likeness (QED) is 0.269. The number of carbonyl (C=O) groups excluding carboxylic acids is 2. The number of rotatable bonds is 6. The van der Waals surface area contributed by atoms with Crippen molar-refractivity contribution in [3.05, 3.63) is 87.1 Å². The summed E-state index contributed by atoms with van der Waals surface area (Å²) in [5, 5.41) is 13.3. The summed E-state index contributed by atoms with van der Waals surface area (Å²) in [6, 6.07) is 15.9. The van der Waals surface area contributed by atoms with E-state index in [2.05, 4.69) is 0 Å². The molecule has 33 heavy (non-hydrogen) atoms. The van der Waals surface area contributed by atoms with Gasteiger partial charge in [0.2, 0.25) is 0 Å². The number of nitrogens with zero attached hydrogens (tertiary/aromatic N) is 1. The first-order chi connectivity index (χ1) is 15.8. The molecule has 0 saturated carbocycles. The molecule has 1 amide bonds. The number of benzene rings is 2. The summed E-state index contributed by atoms with van der Waals surface area (Å²) in [5.41, 5.74) is 3.13. The Balaban J connectivity index is 1.90. The maximum absolute atomic E-state index is 13.3. The minimum atomic E-state index is -0.694. The van der Waals surface area contributed by atoms with Crippen LogP contribution in [-0.4, -0.2) is 23.4 Å². The van der Waals surface area contributed by atoms with Crippen molar-refractivity contribution in [1.29, 1.82) is 0 Å². The zero-order valence-electron chi connectivity index (χ0n) is 19.2. The van der Waals surface area contributed by atoms with Crippen molar-refractivity contribution in [3.63, 3.8) is 0 Å². The number of carbonyl (C=O) groups is 2. The lowest BCUT2D eigenvalue weighted by Crippen LogP contribution is -2.29. The highest BCUT2D eigenvalue weighted by Gasteiger charge is 2.47. The van der Waals surface area contributed by atoms with Gasteiger partial charge in [-0.2, -0.15) is 0 Å². The van der Waals surface area contributed by atoms with Gasteiger partial charge in [0.05, 0.1) is 12.2 Å². The number of anilines is 1. The molecule has 170 valence electrons. The summed E-state index contributed by atoms with van der Waals surface area (Å²) in [4.78, 5) is 28.8. The number of amides is 1. The second-order valence-electron chi connectivity index (χ2n) is 8.36. The van der Waals surface area contributed by atoms with Crippen LogP contribution in [0.3, 0.4) is 0 Å². The lowest BCUT2D eigenvalue weighted by atomic mass is 9.95. The van der Waals surface area contributed by atoms with Crippen LogP contribution in [0.25, 0.3) is 5.76 Å². The molecule has 1 atom stereocenters. The number of aliphatic hydroxyl groups is 1. The van der Waals surface area contributed by atoms with E-state index in [9.17, 15) is 14.7 Å². The smallest absolute Gasteiger partial charge is 0.300 e. The molecule has 2 aromatic carbocycles. The normalized spacial score (nSPS) is 17.7. The number of ether oxygens (including phenoxy) is 1. The molecule has 0 spiro atoms. The first-order valence-corrected chi connectivity index (χ1v) is 11.9. The predicted octanol–water partition coefficient (Wildman–Crippen LogP) is 6.20. The second-order valence-corrected chi connectivity index (χ2v) is 9.34. The lowest BCUT2D eigenvalue weighted by Gasteiger charge is -2.24. The molecular weight excluding hydrogens is 434 g/mol. The predicted molar refractivity (Wildman–Crippen MR) is 132 cm³/mol. The van der Waals surface area contributed by atoms with Gasteiger partial charge in [0.1, 0.15) is 17.6 Å². The Labute approximate surface area is 197 Å². The van der Waals surface area contributed by atoms with Crippen LogP contribution < -0.4 is 9.64 Å². The third-order valence-electron chi connectivity index (χ3n) is 5.74. The van der Waals surface area contributed by atoms with Crippen molar-refractivity contribution in [3.8, 4) is 5.75 Å². The average molecular weight is 462 g/mol. The first kappa shape index (κ1) is 22.8. The molecule has 0 radical (unpaired) electrons. The maximum Gasteiger partial charge on any atom is 0.300 e. The van der Waals surface area contributed by atoms with E-state index in [-0.39, 0.29) is 17.3 Å². The Kier molecular flexibility index (Phi) is 6.38. The van der Waals surface area contributed by atoms with Crippen molar-refractivity contribution in [1.82, 2.24) is 0 Å². The van der Waals surface area contributed by atoms with Crippen LogP contribution in [0.5, 0.6) is 5.75 Å². The molecule has 3 aromatic rings. The Bertz CT molecular complexity index is 1230. The standard InChI is InChI=1S/C27H27NO4S/c1-5-32-21-12-11-18(15-20(21)16(2)3)25(29)23-24(22-10-7-13-33-22)28(27(31)26(23)30)19-9-6-8-17(4)14-19/h6-16,24,29H,5H2,1-4H3/b25-23-. The van der Waals surface area contributed by atoms with E-state index < -0.39 is 17.7 Å². The Morgan fingerprint density at radius 3 is 2.55 bits per heavy atom. The molecule has 1 fully saturated rings. The van der Waals surface area contributed by atoms with Crippen LogP contribution in [0.15, 0.2) is 65.6 Å². The largest absolute Gasteiger partial charge is 0.507 e. The highest BCUT2D eigenvalue weighted by molar-refractivity contribution is 7.10. The van der Waals surface area contributed by atoms with E-state index in [1.165, 1.54) is 16.2 Å². The summed E-state index contributed by atoms with van der Waals surface area (Å²) < 4.78 is 5.74. The lowest BCUT2D eigenvalue weighted by molar-refractivity contribution is -0.132. The van der Waals surface area contributed by atoms with E-state index in [1.807, 2.05) is 81.6 Å². The Morgan fingerprint density at radius 2 is 1.91 bits per heavy atom. The van der Waals surface area contributed by atoms with Crippen molar-refractivity contribution in [2.45, 2.75) is 39.7 Å². The molecular formula is C27H27NO4S. The average Bonchev–Trinajstić information content (AvgIpc) is 3.40. The van der Waals surface area contributed by atoms with Crippen LogP contribution in [-0.2, 0) is 9.59 Å². The first-order valence-electron chi connectivity index (χ1n) is 11.0. The zero-order chi connectivity index (χ0) is 23.7. The van der Waals surface area contributed by atoms with Gasteiger partial charge in [-0.3, -0.25) is 14.5 Å². The highest BCUT2D eigenvalue weighted by Crippen LogP contribution is 2.44. The SMILES string of the molecule is CCOc1ccc(/C(O)=C2/C(=O)C(=O)N(c3cccc(C)c3)C2c2cccs2)cc1C(C)C. The molecule has 1 aromatic heterocycles. The van der Waals surface area contributed by atoms with Gasteiger partial charge in [-0.15, -0.1) is 11.3 Å². The third kappa shape index (κ3) is 4.18. The van der Waals surface area contributed by atoms with Crippen molar-refractivity contribution in [2.75, 3.05) is 11.5 Å². The topological polar surface area (TPSA) is 66.8 Å². The fraction of sp³-hybridized carbons (Fsp3) is 0.259. The van der Waals surface area contributed by atoms with Gasteiger partial charge in [0.15, 0.2) is 0 Å². The molecule has 1 aliphatic rings. The minimum absolute atomic E-state index is 0.0998. The number of ketones is 1. The molecule has 0 aliphatic carbocycles. The number of Topliss-reactive ketones (excluding diaryl/α,β-unsaturated/α-hetero) is 1. The zero-order valence-corrected chi connectivity index (χ0v) is 20.0. The van der Waals surface area contributed by atoms with Crippen LogP contribution in [0.1, 0.15) is 54.3 Å². The van der Waals surface area contributed by atoms with Crippen LogP contribution in [0, 0.1) is 6.92 Å². The maximum atomic E-state index is 13.3. The molecule has 1 N–H and O–H groups in total. The van der Waals surface area contributed by atoms with Crippen molar-refractivity contribution >= 4 is 34.5 Å². The molecule has 1 aliphatic heterocycles. The van der Waals surface area contributed by atoms with Gasteiger partial charge in [-0.05, 0) is 72.7 Å².